The molecule has 88 valence electrons. The fourth-order valence-electron chi connectivity index (χ4n) is 2.24. The molecule has 1 saturated carbocycles. The zero-order chi connectivity index (χ0) is 11.8. The number of fused-ring (bicyclic) bond motifs is 1. The van der Waals surface area contributed by atoms with Crippen LogP contribution in [0, 0.1) is 0 Å². The molecule has 0 atom stereocenters. The van der Waals surface area contributed by atoms with Crippen LogP contribution in [0.15, 0.2) is 30.5 Å². The molecule has 1 amide bonds. The molecule has 0 unspecified atom stereocenters. The van der Waals surface area contributed by atoms with Gasteiger partial charge in [0.2, 0.25) is 0 Å². The number of hydrogen-bond donors (Lipinski definition) is 3. The Morgan fingerprint density at radius 2 is 2.18 bits per heavy atom. The van der Waals surface area contributed by atoms with Crippen molar-refractivity contribution >= 4 is 16.8 Å². The number of rotatable bonds is 2. The molecule has 1 aromatic heterocycles. The number of carbonyl (C=O) groups is 1. The highest BCUT2D eigenvalue weighted by molar-refractivity contribution is 5.98. The number of hydrogen-bond acceptors (Lipinski definition) is 2. The van der Waals surface area contributed by atoms with E-state index in [0.29, 0.717) is 5.56 Å². The molecule has 2 aromatic rings. The zero-order valence-corrected chi connectivity index (χ0v) is 9.44. The van der Waals surface area contributed by atoms with Crippen molar-refractivity contribution in [2.75, 3.05) is 0 Å². The molecule has 3 rings (SSSR count). The second kappa shape index (κ2) is 3.89. The number of nitrogens with two attached hydrogens (primary N) is 1. The lowest BCUT2D eigenvalue weighted by atomic mass is 9.87. The summed E-state index contributed by atoms with van der Waals surface area (Å²) in [7, 11) is 0. The second-order valence-corrected chi connectivity index (χ2v) is 4.68. The third kappa shape index (κ3) is 1.91. The van der Waals surface area contributed by atoms with E-state index in [0.717, 1.165) is 23.7 Å². The van der Waals surface area contributed by atoms with Gasteiger partial charge in [-0.1, -0.05) is 6.07 Å². The Bertz CT molecular complexity index is 555. The van der Waals surface area contributed by atoms with Crippen LogP contribution in [0.5, 0.6) is 0 Å². The van der Waals surface area contributed by atoms with Crippen LogP contribution in [0.1, 0.15) is 23.2 Å². The van der Waals surface area contributed by atoms with E-state index < -0.39 is 0 Å². The first-order chi connectivity index (χ1) is 8.22. The molecule has 4 nitrogen and oxygen atoms in total. The van der Waals surface area contributed by atoms with Gasteiger partial charge < -0.3 is 16.0 Å². The minimum absolute atomic E-state index is 0.0154. The lowest BCUT2D eigenvalue weighted by molar-refractivity contribution is 0.0910. The maximum Gasteiger partial charge on any atom is 0.251 e. The van der Waals surface area contributed by atoms with Crippen LogP contribution in [0.3, 0.4) is 0 Å². The summed E-state index contributed by atoms with van der Waals surface area (Å²) < 4.78 is 0. The predicted molar refractivity (Wildman–Crippen MR) is 66.8 cm³/mol. The van der Waals surface area contributed by atoms with E-state index in [1.54, 1.807) is 0 Å². The van der Waals surface area contributed by atoms with Crippen molar-refractivity contribution < 1.29 is 4.79 Å². The molecular weight excluding hydrogens is 214 g/mol. The number of aromatic amines is 1. The van der Waals surface area contributed by atoms with Gasteiger partial charge in [-0.3, -0.25) is 4.79 Å². The maximum absolute atomic E-state index is 12.0. The summed E-state index contributed by atoms with van der Waals surface area (Å²) in [5.74, 6) is -0.0154. The fourth-order valence-corrected chi connectivity index (χ4v) is 2.24. The standard InChI is InChI=1S/C13H15N3O/c14-10-6-11(7-10)16-13(17)9-2-1-8-3-4-15-12(8)5-9/h1-5,10-11,15H,6-7,14H2,(H,16,17). The summed E-state index contributed by atoms with van der Waals surface area (Å²) in [4.78, 5) is 15.1. The van der Waals surface area contributed by atoms with E-state index in [9.17, 15) is 4.79 Å². The Kier molecular flexibility index (Phi) is 2.37. The number of H-pyrrole nitrogens is 1. The van der Waals surface area contributed by atoms with Crippen molar-refractivity contribution in [3.05, 3.63) is 36.0 Å². The first kappa shape index (κ1) is 10.4. The van der Waals surface area contributed by atoms with Gasteiger partial charge in [-0.25, -0.2) is 0 Å². The van der Waals surface area contributed by atoms with Crippen LogP contribution < -0.4 is 11.1 Å². The number of nitrogens with one attached hydrogen (secondary N) is 2. The van der Waals surface area contributed by atoms with Gasteiger partial charge in [0.15, 0.2) is 0 Å². The average Bonchev–Trinajstić information content (AvgIpc) is 2.73. The van der Waals surface area contributed by atoms with Gasteiger partial charge in [-0.05, 0) is 36.4 Å². The van der Waals surface area contributed by atoms with Crippen molar-refractivity contribution in [1.29, 1.82) is 0 Å². The summed E-state index contributed by atoms with van der Waals surface area (Å²) in [6.45, 7) is 0. The molecule has 0 bridgehead atoms. The number of benzene rings is 1. The van der Waals surface area contributed by atoms with E-state index in [-0.39, 0.29) is 18.0 Å². The summed E-state index contributed by atoms with van der Waals surface area (Å²) in [5.41, 5.74) is 7.37. The van der Waals surface area contributed by atoms with E-state index in [2.05, 4.69) is 10.3 Å². The van der Waals surface area contributed by atoms with E-state index in [4.69, 9.17) is 5.73 Å². The van der Waals surface area contributed by atoms with E-state index in [1.807, 2.05) is 30.5 Å². The van der Waals surface area contributed by atoms with E-state index in [1.165, 1.54) is 0 Å². The Morgan fingerprint density at radius 3 is 2.94 bits per heavy atom. The smallest absolute Gasteiger partial charge is 0.251 e. The summed E-state index contributed by atoms with van der Waals surface area (Å²) in [5, 5.41) is 4.10. The molecule has 0 radical (unpaired) electrons. The van der Waals surface area contributed by atoms with Crippen molar-refractivity contribution in [2.24, 2.45) is 5.73 Å². The first-order valence-corrected chi connectivity index (χ1v) is 5.86. The first-order valence-electron chi connectivity index (χ1n) is 5.86. The number of amides is 1. The highest BCUT2D eigenvalue weighted by atomic mass is 16.1. The molecule has 4 heteroatoms. The van der Waals surface area contributed by atoms with Crippen LogP contribution in [-0.4, -0.2) is 23.0 Å². The fraction of sp³-hybridized carbons (Fsp3) is 0.308. The molecule has 0 saturated heterocycles. The van der Waals surface area contributed by atoms with Gasteiger partial charge in [0.05, 0.1) is 0 Å². The largest absolute Gasteiger partial charge is 0.361 e. The van der Waals surface area contributed by atoms with Crippen molar-refractivity contribution in [2.45, 2.75) is 24.9 Å². The van der Waals surface area contributed by atoms with E-state index >= 15 is 0 Å². The average molecular weight is 229 g/mol. The van der Waals surface area contributed by atoms with Gasteiger partial charge in [-0.2, -0.15) is 0 Å². The molecule has 0 aliphatic heterocycles. The molecule has 1 aliphatic rings. The molecule has 1 heterocycles. The monoisotopic (exact) mass is 229 g/mol. The second-order valence-electron chi connectivity index (χ2n) is 4.68. The predicted octanol–water partition coefficient (Wildman–Crippen LogP) is 1.39. The lowest BCUT2D eigenvalue weighted by Gasteiger charge is -2.32. The Labute approximate surface area is 99.2 Å². The molecule has 17 heavy (non-hydrogen) atoms. The third-order valence-electron chi connectivity index (χ3n) is 3.33. The highest BCUT2D eigenvalue weighted by Crippen LogP contribution is 2.19. The summed E-state index contributed by atoms with van der Waals surface area (Å²) >= 11 is 0. The minimum atomic E-state index is -0.0154. The lowest BCUT2D eigenvalue weighted by Crippen LogP contribution is -2.50. The van der Waals surface area contributed by atoms with Gasteiger partial charge >= 0.3 is 0 Å². The molecular formula is C13H15N3O. The highest BCUT2D eigenvalue weighted by Gasteiger charge is 2.27. The van der Waals surface area contributed by atoms with Gasteiger partial charge in [-0.15, -0.1) is 0 Å². The number of aromatic nitrogens is 1. The molecule has 4 N–H and O–H groups in total. The molecule has 1 fully saturated rings. The Balaban J connectivity index is 1.76. The Morgan fingerprint density at radius 1 is 1.35 bits per heavy atom. The van der Waals surface area contributed by atoms with Crippen molar-refractivity contribution in [3.63, 3.8) is 0 Å². The van der Waals surface area contributed by atoms with Gasteiger partial charge in [0.1, 0.15) is 0 Å². The minimum Gasteiger partial charge on any atom is -0.361 e. The van der Waals surface area contributed by atoms with Crippen molar-refractivity contribution in [3.8, 4) is 0 Å². The topological polar surface area (TPSA) is 70.9 Å². The molecule has 0 spiro atoms. The zero-order valence-electron chi connectivity index (χ0n) is 9.44. The summed E-state index contributed by atoms with van der Waals surface area (Å²) in [6.07, 6.45) is 3.64. The van der Waals surface area contributed by atoms with Crippen LogP contribution in [0.25, 0.3) is 10.9 Å². The van der Waals surface area contributed by atoms with Crippen LogP contribution in [0.4, 0.5) is 0 Å². The molecule has 1 aromatic carbocycles. The molecule has 1 aliphatic carbocycles. The quantitative estimate of drug-likeness (QED) is 0.728. The van der Waals surface area contributed by atoms with Crippen LogP contribution in [0.2, 0.25) is 0 Å². The third-order valence-corrected chi connectivity index (χ3v) is 3.33. The van der Waals surface area contributed by atoms with Gasteiger partial charge in [0, 0.05) is 29.4 Å². The normalized spacial score (nSPS) is 23.4. The van der Waals surface area contributed by atoms with Gasteiger partial charge in [0.25, 0.3) is 5.91 Å². The Hall–Kier alpha value is -1.81. The SMILES string of the molecule is NC1CC(NC(=O)c2ccc3cc[nH]c3c2)C1. The summed E-state index contributed by atoms with van der Waals surface area (Å²) in [6, 6.07) is 8.17. The van der Waals surface area contributed by atoms with Crippen LogP contribution in [-0.2, 0) is 0 Å². The maximum atomic E-state index is 12.0. The van der Waals surface area contributed by atoms with Crippen molar-refractivity contribution in [1.82, 2.24) is 10.3 Å². The van der Waals surface area contributed by atoms with Crippen LogP contribution >= 0.6 is 0 Å². The number of carbonyl (C=O) groups excluding carboxylic acids is 1.